The lowest BCUT2D eigenvalue weighted by Crippen LogP contribution is -2.22. The number of carbonyl (C=O) groups excluding carboxylic acids is 1. The smallest absolute Gasteiger partial charge is 0.306 e. The number of benzene rings is 2. The van der Waals surface area contributed by atoms with E-state index in [1.807, 2.05) is 43.3 Å². The third-order valence-corrected chi connectivity index (χ3v) is 5.55. The van der Waals surface area contributed by atoms with E-state index in [0.29, 0.717) is 18.9 Å². The average Bonchev–Trinajstić information content (AvgIpc) is 2.81. The van der Waals surface area contributed by atoms with Crippen LogP contribution in [0.15, 0.2) is 48.5 Å². The summed E-state index contributed by atoms with van der Waals surface area (Å²) in [5, 5.41) is 0. The summed E-state index contributed by atoms with van der Waals surface area (Å²) in [6.07, 6.45) is 8.65. The van der Waals surface area contributed by atoms with Gasteiger partial charge < -0.3 is 14.2 Å². The number of carbonyl (C=O) groups is 1. The van der Waals surface area contributed by atoms with Crippen LogP contribution < -0.4 is 9.47 Å². The lowest BCUT2D eigenvalue weighted by Gasteiger charge is -2.15. The zero-order valence-electron chi connectivity index (χ0n) is 21.0. The lowest BCUT2D eigenvalue weighted by molar-refractivity contribution is -0.149. The summed E-state index contributed by atoms with van der Waals surface area (Å²) in [6.45, 7) is 9.43. The highest BCUT2D eigenvalue weighted by atomic mass is 16.6. The molecule has 0 radical (unpaired) electrons. The van der Waals surface area contributed by atoms with Crippen molar-refractivity contribution >= 4 is 5.97 Å². The van der Waals surface area contributed by atoms with Gasteiger partial charge in [-0.3, -0.25) is 4.79 Å². The first kappa shape index (κ1) is 26.8. The molecule has 0 bridgehead atoms. The van der Waals surface area contributed by atoms with Gasteiger partial charge in [-0.05, 0) is 61.1 Å². The highest BCUT2D eigenvalue weighted by Gasteiger charge is 2.11. The molecule has 1 unspecified atom stereocenters. The molecule has 1 atom stereocenters. The van der Waals surface area contributed by atoms with Crippen LogP contribution in [-0.2, 0) is 9.53 Å². The summed E-state index contributed by atoms with van der Waals surface area (Å²) < 4.78 is 17.1. The maximum absolute atomic E-state index is 11.8. The van der Waals surface area contributed by atoms with Crippen molar-refractivity contribution in [2.45, 2.75) is 85.2 Å². The van der Waals surface area contributed by atoms with E-state index in [1.165, 1.54) is 32.1 Å². The van der Waals surface area contributed by atoms with E-state index in [4.69, 9.17) is 14.2 Å². The largest absolute Gasteiger partial charge is 0.494 e. The fraction of sp³-hybridized carbons (Fsp3) is 0.552. The molecule has 2 rings (SSSR count). The summed E-state index contributed by atoms with van der Waals surface area (Å²) in [5.74, 6) is 2.03. The van der Waals surface area contributed by atoms with Crippen molar-refractivity contribution in [1.82, 2.24) is 0 Å². The number of unbranched alkanes of at least 4 members (excludes halogenated alkanes) is 5. The summed E-state index contributed by atoms with van der Waals surface area (Å²) in [7, 11) is 0. The van der Waals surface area contributed by atoms with Gasteiger partial charge in [0.2, 0.25) is 0 Å². The van der Waals surface area contributed by atoms with Crippen LogP contribution >= 0.6 is 0 Å². The van der Waals surface area contributed by atoms with Crippen LogP contribution in [0.25, 0.3) is 11.1 Å². The Morgan fingerprint density at radius 1 is 0.758 bits per heavy atom. The van der Waals surface area contributed by atoms with Crippen LogP contribution in [0.1, 0.15) is 79.1 Å². The molecule has 0 heterocycles. The van der Waals surface area contributed by atoms with Gasteiger partial charge in [0.15, 0.2) is 0 Å². The Kier molecular flexibility index (Phi) is 12.5. The number of hydrogen-bond acceptors (Lipinski definition) is 4. The second-order valence-electron chi connectivity index (χ2n) is 9.21. The highest BCUT2D eigenvalue weighted by molar-refractivity contribution is 5.69. The van der Waals surface area contributed by atoms with Crippen molar-refractivity contribution in [3.63, 3.8) is 0 Å². The molecule has 0 aliphatic rings. The Hall–Kier alpha value is -2.49. The van der Waals surface area contributed by atoms with Crippen molar-refractivity contribution in [3.8, 4) is 22.6 Å². The molecule has 0 saturated heterocycles. The van der Waals surface area contributed by atoms with E-state index in [0.717, 1.165) is 42.1 Å². The zero-order valence-corrected chi connectivity index (χ0v) is 21.0. The van der Waals surface area contributed by atoms with Gasteiger partial charge >= 0.3 is 5.97 Å². The molecule has 0 saturated carbocycles. The van der Waals surface area contributed by atoms with E-state index in [-0.39, 0.29) is 12.1 Å². The second-order valence-corrected chi connectivity index (χ2v) is 9.21. The zero-order chi connectivity index (χ0) is 23.9. The fourth-order valence-electron chi connectivity index (χ4n) is 3.50. The van der Waals surface area contributed by atoms with Gasteiger partial charge in [-0.2, -0.15) is 0 Å². The molecule has 0 aliphatic carbocycles. The predicted octanol–water partition coefficient (Wildman–Crippen LogP) is 7.84. The third kappa shape index (κ3) is 11.3. The van der Waals surface area contributed by atoms with E-state index >= 15 is 0 Å². The SMILES string of the molecule is CCCCCCCCOc1ccc(-c2ccc(OCC(C)OC(=O)CCC(C)C)cc2)cc1. The predicted molar refractivity (Wildman–Crippen MR) is 136 cm³/mol. The minimum Gasteiger partial charge on any atom is -0.494 e. The van der Waals surface area contributed by atoms with Gasteiger partial charge in [-0.25, -0.2) is 0 Å². The van der Waals surface area contributed by atoms with Crippen molar-refractivity contribution in [2.75, 3.05) is 13.2 Å². The molecule has 0 spiro atoms. The van der Waals surface area contributed by atoms with Gasteiger partial charge in [-0.15, -0.1) is 0 Å². The molecular weight excluding hydrogens is 412 g/mol. The Morgan fingerprint density at radius 3 is 1.88 bits per heavy atom. The second kappa shape index (κ2) is 15.4. The molecule has 0 aromatic heterocycles. The van der Waals surface area contributed by atoms with Gasteiger partial charge in [0.25, 0.3) is 0 Å². The first-order chi connectivity index (χ1) is 16.0. The van der Waals surface area contributed by atoms with E-state index < -0.39 is 0 Å². The Labute approximate surface area is 200 Å². The third-order valence-electron chi connectivity index (χ3n) is 5.55. The first-order valence-corrected chi connectivity index (χ1v) is 12.6. The van der Waals surface area contributed by atoms with Crippen LogP contribution in [-0.4, -0.2) is 25.3 Å². The van der Waals surface area contributed by atoms with Gasteiger partial charge in [0.1, 0.15) is 24.2 Å². The van der Waals surface area contributed by atoms with Crippen LogP contribution in [0.5, 0.6) is 11.5 Å². The van der Waals surface area contributed by atoms with Crippen molar-refractivity contribution in [3.05, 3.63) is 48.5 Å². The molecule has 2 aromatic rings. The van der Waals surface area contributed by atoms with Crippen LogP contribution in [0.4, 0.5) is 0 Å². The van der Waals surface area contributed by atoms with Crippen molar-refractivity contribution in [2.24, 2.45) is 5.92 Å². The standard InChI is InChI=1S/C29H42O4/c1-5-6-7-8-9-10-21-31-27-16-12-25(13-17-27)26-14-18-28(19-15-26)32-22-24(4)33-29(30)20-11-23(2)3/h12-19,23-24H,5-11,20-22H2,1-4H3. The van der Waals surface area contributed by atoms with E-state index in [1.54, 1.807) is 0 Å². The van der Waals surface area contributed by atoms with Gasteiger partial charge in [0.05, 0.1) is 6.61 Å². The van der Waals surface area contributed by atoms with E-state index in [2.05, 4.69) is 32.9 Å². The number of esters is 1. The Bertz CT molecular complexity index is 780. The number of hydrogen-bond donors (Lipinski definition) is 0. The Balaban J connectivity index is 1.71. The first-order valence-electron chi connectivity index (χ1n) is 12.6. The summed E-state index contributed by atoms with van der Waals surface area (Å²) >= 11 is 0. The molecule has 4 heteroatoms. The maximum atomic E-state index is 11.8. The topological polar surface area (TPSA) is 44.8 Å². The highest BCUT2D eigenvalue weighted by Crippen LogP contribution is 2.25. The van der Waals surface area contributed by atoms with Gasteiger partial charge in [-0.1, -0.05) is 77.1 Å². The quantitative estimate of drug-likeness (QED) is 0.191. The molecule has 182 valence electrons. The van der Waals surface area contributed by atoms with Crippen LogP contribution in [0.3, 0.4) is 0 Å². The molecule has 4 nitrogen and oxygen atoms in total. The molecule has 0 aliphatic heterocycles. The normalized spacial score (nSPS) is 11.9. The molecule has 0 amide bonds. The Morgan fingerprint density at radius 2 is 1.30 bits per heavy atom. The average molecular weight is 455 g/mol. The number of ether oxygens (including phenoxy) is 3. The van der Waals surface area contributed by atoms with E-state index in [9.17, 15) is 4.79 Å². The minimum absolute atomic E-state index is 0.158. The van der Waals surface area contributed by atoms with Crippen LogP contribution in [0.2, 0.25) is 0 Å². The molecule has 0 N–H and O–H groups in total. The summed E-state index contributed by atoms with van der Waals surface area (Å²) in [5.41, 5.74) is 2.26. The lowest BCUT2D eigenvalue weighted by atomic mass is 10.1. The summed E-state index contributed by atoms with van der Waals surface area (Å²) in [4.78, 5) is 11.8. The molecular formula is C29H42O4. The van der Waals surface area contributed by atoms with Gasteiger partial charge in [0, 0.05) is 6.42 Å². The van der Waals surface area contributed by atoms with Crippen molar-refractivity contribution in [1.29, 1.82) is 0 Å². The monoisotopic (exact) mass is 454 g/mol. The molecule has 2 aromatic carbocycles. The van der Waals surface area contributed by atoms with Crippen molar-refractivity contribution < 1.29 is 19.0 Å². The molecule has 33 heavy (non-hydrogen) atoms. The minimum atomic E-state index is -0.270. The molecule has 0 fully saturated rings. The number of rotatable bonds is 16. The maximum Gasteiger partial charge on any atom is 0.306 e. The fourth-order valence-corrected chi connectivity index (χ4v) is 3.50. The van der Waals surface area contributed by atoms with Crippen LogP contribution in [0, 0.1) is 5.92 Å². The summed E-state index contributed by atoms with van der Waals surface area (Å²) in [6, 6.07) is 16.2.